The minimum atomic E-state index is -0.145. The molecule has 156 valence electrons. The first-order valence-electron chi connectivity index (χ1n) is 10.1. The molecule has 0 aliphatic heterocycles. The van der Waals surface area contributed by atoms with Gasteiger partial charge in [-0.05, 0) is 50.1 Å². The molecular weight excluding hydrogens is 376 g/mol. The number of fused-ring (bicyclic) bond motifs is 1. The Kier molecular flexibility index (Phi) is 6.86. The number of aromatic nitrogens is 3. The van der Waals surface area contributed by atoms with Gasteiger partial charge in [-0.1, -0.05) is 36.1 Å². The molecule has 0 saturated carbocycles. The topological polar surface area (TPSA) is 69.0 Å². The van der Waals surface area contributed by atoms with Gasteiger partial charge in [0.25, 0.3) is 5.91 Å². The fraction of sp³-hybridized carbons (Fsp3) is 0.375. The first-order valence-corrected chi connectivity index (χ1v) is 10.1. The van der Waals surface area contributed by atoms with Crippen molar-refractivity contribution in [2.45, 2.75) is 40.3 Å². The van der Waals surface area contributed by atoms with E-state index < -0.39 is 0 Å². The number of carbonyl (C=O) groups is 1. The highest BCUT2D eigenvalue weighted by atomic mass is 16.5. The summed E-state index contributed by atoms with van der Waals surface area (Å²) < 4.78 is 7.02. The van der Waals surface area contributed by atoms with Crippen molar-refractivity contribution in [1.82, 2.24) is 20.1 Å². The standard InChI is InChI=1S/C24H28N4O2/c1-24(2,3)13-12-18-10-11-21(20-9-6-5-8-19(18)20)23(29)25-16-22-27-26-17-28(22)14-7-15-30-4/h5-6,8-11,17H,7,14-16H2,1-4H3,(H,25,29). The van der Waals surface area contributed by atoms with Crippen LogP contribution in [0.2, 0.25) is 0 Å². The number of hydrogen-bond acceptors (Lipinski definition) is 4. The molecule has 0 unspecified atom stereocenters. The number of ether oxygens (including phenoxy) is 1. The van der Waals surface area contributed by atoms with Crippen LogP contribution in [0.25, 0.3) is 10.8 Å². The number of rotatable bonds is 7. The Morgan fingerprint density at radius 2 is 1.93 bits per heavy atom. The summed E-state index contributed by atoms with van der Waals surface area (Å²) in [7, 11) is 1.68. The number of benzene rings is 2. The molecule has 0 bridgehead atoms. The number of aryl methyl sites for hydroxylation is 1. The molecule has 1 amide bonds. The lowest BCUT2D eigenvalue weighted by molar-refractivity contribution is 0.0951. The molecule has 3 rings (SSSR count). The van der Waals surface area contributed by atoms with Crippen LogP contribution in [0.3, 0.4) is 0 Å². The van der Waals surface area contributed by atoms with Crippen molar-refractivity contribution in [3.05, 3.63) is 59.7 Å². The lowest BCUT2D eigenvalue weighted by Crippen LogP contribution is -2.25. The van der Waals surface area contributed by atoms with Gasteiger partial charge in [0, 0.05) is 36.8 Å². The predicted octanol–water partition coefficient (Wildman–Crippen LogP) is 3.80. The summed E-state index contributed by atoms with van der Waals surface area (Å²) in [6.07, 6.45) is 2.53. The minimum absolute atomic E-state index is 0.0870. The van der Waals surface area contributed by atoms with Gasteiger partial charge in [-0.25, -0.2) is 0 Å². The highest BCUT2D eigenvalue weighted by molar-refractivity contribution is 6.08. The van der Waals surface area contributed by atoms with Crippen LogP contribution in [-0.4, -0.2) is 34.4 Å². The first-order chi connectivity index (χ1) is 14.4. The van der Waals surface area contributed by atoms with E-state index in [2.05, 4.69) is 48.1 Å². The zero-order valence-corrected chi connectivity index (χ0v) is 18.0. The molecule has 6 nitrogen and oxygen atoms in total. The van der Waals surface area contributed by atoms with Crippen LogP contribution >= 0.6 is 0 Å². The third-order valence-electron chi connectivity index (χ3n) is 4.59. The van der Waals surface area contributed by atoms with Gasteiger partial charge in [0.15, 0.2) is 5.82 Å². The number of carbonyl (C=O) groups excluding carboxylic acids is 1. The molecule has 2 aromatic carbocycles. The lowest BCUT2D eigenvalue weighted by atomic mass is 9.95. The monoisotopic (exact) mass is 404 g/mol. The van der Waals surface area contributed by atoms with Gasteiger partial charge < -0.3 is 14.6 Å². The largest absolute Gasteiger partial charge is 0.385 e. The third kappa shape index (κ3) is 5.46. The molecule has 1 N–H and O–H groups in total. The van der Waals surface area contributed by atoms with Crippen molar-refractivity contribution in [3.63, 3.8) is 0 Å². The average Bonchev–Trinajstić information content (AvgIpc) is 3.17. The highest BCUT2D eigenvalue weighted by Gasteiger charge is 2.13. The normalized spacial score (nSPS) is 11.2. The molecular formula is C24H28N4O2. The van der Waals surface area contributed by atoms with Crippen LogP contribution in [0.4, 0.5) is 0 Å². The van der Waals surface area contributed by atoms with E-state index in [4.69, 9.17) is 4.74 Å². The lowest BCUT2D eigenvalue weighted by Gasteiger charge is -2.11. The maximum absolute atomic E-state index is 12.9. The van der Waals surface area contributed by atoms with E-state index in [-0.39, 0.29) is 11.3 Å². The second-order valence-electron chi connectivity index (χ2n) is 8.18. The van der Waals surface area contributed by atoms with Gasteiger partial charge in [0.1, 0.15) is 6.33 Å². The Hall–Kier alpha value is -3.17. The number of nitrogens with zero attached hydrogens (tertiary/aromatic N) is 3. The molecule has 0 radical (unpaired) electrons. The summed E-state index contributed by atoms with van der Waals surface area (Å²) in [6.45, 7) is 7.97. The van der Waals surface area contributed by atoms with Crippen molar-refractivity contribution in [3.8, 4) is 11.8 Å². The van der Waals surface area contributed by atoms with Gasteiger partial charge in [0.05, 0.1) is 6.54 Å². The second kappa shape index (κ2) is 9.55. The summed E-state index contributed by atoms with van der Waals surface area (Å²) >= 11 is 0. The van der Waals surface area contributed by atoms with Gasteiger partial charge in [-0.3, -0.25) is 4.79 Å². The van der Waals surface area contributed by atoms with Crippen molar-refractivity contribution in [1.29, 1.82) is 0 Å². The average molecular weight is 405 g/mol. The van der Waals surface area contributed by atoms with Crippen molar-refractivity contribution >= 4 is 16.7 Å². The molecule has 0 aliphatic rings. The van der Waals surface area contributed by atoms with E-state index in [1.54, 1.807) is 13.4 Å². The number of amides is 1. The van der Waals surface area contributed by atoms with Gasteiger partial charge >= 0.3 is 0 Å². The van der Waals surface area contributed by atoms with Gasteiger partial charge in [0.2, 0.25) is 0 Å². The molecule has 0 spiro atoms. The summed E-state index contributed by atoms with van der Waals surface area (Å²) in [5.74, 6) is 7.11. The zero-order valence-electron chi connectivity index (χ0n) is 18.0. The van der Waals surface area contributed by atoms with Crippen LogP contribution in [0.15, 0.2) is 42.7 Å². The van der Waals surface area contributed by atoms with Crippen LogP contribution in [0, 0.1) is 17.3 Å². The molecule has 0 aliphatic carbocycles. The molecule has 1 aromatic heterocycles. The number of nitrogens with one attached hydrogen (secondary N) is 1. The summed E-state index contributed by atoms with van der Waals surface area (Å²) in [5, 5.41) is 12.9. The summed E-state index contributed by atoms with van der Waals surface area (Å²) in [6, 6.07) is 11.6. The Morgan fingerprint density at radius 3 is 2.67 bits per heavy atom. The van der Waals surface area contributed by atoms with Gasteiger partial charge in [-0.2, -0.15) is 0 Å². The van der Waals surface area contributed by atoms with E-state index in [9.17, 15) is 4.79 Å². The maximum Gasteiger partial charge on any atom is 0.252 e. The van der Waals surface area contributed by atoms with Crippen LogP contribution in [0.5, 0.6) is 0 Å². The molecule has 0 atom stereocenters. The SMILES string of the molecule is COCCCn1cnnc1CNC(=O)c1ccc(C#CC(C)(C)C)c2ccccc12. The van der Waals surface area contributed by atoms with E-state index >= 15 is 0 Å². The quantitative estimate of drug-likeness (QED) is 0.480. The Labute approximate surface area is 177 Å². The third-order valence-corrected chi connectivity index (χ3v) is 4.59. The zero-order chi connectivity index (χ0) is 21.6. The van der Waals surface area contributed by atoms with E-state index in [1.165, 1.54) is 0 Å². The molecule has 3 aromatic rings. The van der Waals surface area contributed by atoms with Crippen molar-refractivity contribution in [2.24, 2.45) is 5.41 Å². The van der Waals surface area contributed by atoms with Crippen LogP contribution < -0.4 is 5.32 Å². The Morgan fingerprint density at radius 1 is 1.17 bits per heavy atom. The van der Waals surface area contributed by atoms with Crippen LogP contribution in [0.1, 0.15) is 48.9 Å². The number of methoxy groups -OCH3 is 1. The van der Waals surface area contributed by atoms with E-state index in [1.807, 2.05) is 41.0 Å². The van der Waals surface area contributed by atoms with Gasteiger partial charge in [-0.15, -0.1) is 10.2 Å². The van der Waals surface area contributed by atoms with Crippen LogP contribution in [-0.2, 0) is 17.8 Å². The first kappa shape index (κ1) is 21.5. The maximum atomic E-state index is 12.9. The summed E-state index contributed by atoms with van der Waals surface area (Å²) in [4.78, 5) is 12.9. The van der Waals surface area contributed by atoms with E-state index in [0.29, 0.717) is 18.7 Å². The smallest absolute Gasteiger partial charge is 0.252 e. The minimum Gasteiger partial charge on any atom is -0.385 e. The fourth-order valence-corrected chi connectivity index (χ4v) is 3.10. The van der Waals surface area contributed by atoms with E-state index in [0.717, 1.165) is 35.1 Å². The molecule has 0 saturated heterocycles. The second-order valence-corrected chi connectivity index (χ2v) is 8.18. The fourth-order valence-electron chi connectivity index (χ4n) is 3.10. The molecule has 0 fully saturated rings. The predicted molar refractivity (Wildman–Crippen MR) is 118 cm³/mol. The molecule has 1 heterocycles. The summed E-state index contributed by atoms with van der Waals surface area (Å²) in [5.41, 5.74) is 1.46. The molecule has 6 heteroatoms. The highest BCUT2D eigenvalue weighted by Crippen LogP contribution is 2.23. The number of hydrogen-bond donors (Lipinski definition) is 1. The van der Waals surface area contributed by atoms with Crippen molar-refractivity contribution < 1.29 is 9.53 Å². The Bertz CT molecular complexity index is 1080. The Balaban J connectivity index is 1.80. The molecule has 30 heavy (non-hydrogen) atoms. The van der Waals surface area contributed by atoms with Crippen molar-refractivity contribution in [2.75, 3.05) is 13.7 Å².